The number of aryl methyl sites for hydroxylation is 1. The summed E-state index contributed by atoms with van der Waals surface area (Å²) < 4.78 is 20.8. The summed E-state index contributed by atoms with van der Waals surface area (Å²) in [6, 6.07) is 1.73. The first-order valence-electron chi connectivity index (χ1n) is 6.10. The molecule has 1 heterocycles. The number of hydrogen-bond donors (Lipinski definition) is 1. The lowest BCUT2D eigenvalue weighted by molar-refractivity contribution is 0.0176. The third-order valence-electron chi connectivity index (χ3n) is 2.13. The standard InChI is InChI=1S/C12H21N3O4/c1-10-9-11(15-12(13)14-10)19-8-7-18-6-5-17-4-3-16-2/h9H,3-8H2,1-2H3,(H2,13,14,15). The van der Waals surface area contributed by atoms with Gasteiger partial charge in [-0.1, -0.05) is 0 Å². The van der Waals surface area contributed by atoms with Gasteiger partial charge in [0.05, 0.1) is 33.0 Å². The Balaban J connectivity index is 2.01. The van der Waals surface area contributed by atoms with Crippen molar-refractivity contribution in [1.29, 1.82) is 0 Å². The van der Waals surface area contributed by atoms with E-state index in [0.29, 0.717) is 45.5 Å². The van der Waals surface area contributed by atoms with Crippen molar-refractivity contribution in [3.8, 4) is 5.88 Å². The average molecular weight is 271 g/mol. The molecule has 0 aliphatic heterocycles. The minimum Gasteiger partial charge on any atom is -0.475 e. The van der Waals surface area contributed by atoms with Crippen LogP contribution in [0.1, 0.15) is 5.69 Å². The smallest absolute Gasteiger partial charge is 0.223 e. The molecule has 0 saturated heterocycles. The van der Waals surface area contributed by atoms with E-state index in [1.165, 1.54) is 0 Å². The zero-order valence-corrected chi connectivity index (χ0v) is 11.4. The molecule has 108 valence electrons. The summed E-state index contributed by atoms with van der Waals surface area (Å²) in [5.41, 5.74) is 6.28. The second-order valence-corrected chi connectivity index (χ2v) is 3.77. The van der Waals surface area contributed by atoms with Crippen LogP contribution in [0.3, 0.4) is 0 Å². The molecule has 0 amide bonds. The molecule has 0 unspecified atom stereocenters. The van der Waals surface area contributed by atoms with Crippen molar-refractivity contribution in [1.82, 2.24) is 9.97 Å². The minimum absolute atomic E-state index is 0.211. The van der Waals surface area contributed by atoms with E-state index < -0.39 is 0 Å². The van der Waals surface area contributed by atoms with Gasteiger partial charge in [0.1, 0.15) is 6.61 Å². The number of hydrogen-bond acceptors (Lipinski definition) is 7. The molecule has 0 bridgehead atoms. The van der Waals surface area contributed by atoms with Crippen LogP contribution >= 0.6 is 0 Å². The van der Waals surface area contributed by atoms with Crippen LogP contribution in [0.4, 0.5) is 5.95 Å². The summed E-state index contributed by atoms with van der Waals surface area (Å²) in [6.07, 6.45) is 0. The Morgan fingerprint density at radius 2 is 1.63 bits per heavy atom. The summed E-state index contributed by atoms with van der Waals surface area (Å²) in [5, 5.41) is 0. The van der Waals surface area contributed by atoms with E-state index in [4.69, 9.17) is 24.7 Å². The summed E-state index contributed by atoms with van der Waals surface area (Å²) >= 11 is 0. The zero-order chi connectivity index (χ0) is 13.9. The van der Waals surface area contributed by atoms with Gasteiger partial charge in [-0.3, -0.25) is 0 Å². The van der Waals surface area contributed by atoms with Crippen LogP contribution < -0.4 is 10.5 Å². The highest BCUT2D eigenvalue weighted by molar-refractivity contribution is 5.25. The maximum absolute atomic E-state index is 5.51. The Kier molecular flexibility index (Phi) is 7.80. The highest BCUT2D eigenvalue weighted by Gasteiger charge is 2.00. The van der Waals surface area contributed by atoms with Gasteiger partial charge < -0.3 is 24.7 Å². The second kappa shape index (κ2) is 9.48. The van der Waals surface area contributed by atoms with Crippen LogP contribution in [0.2, 0.25) is 0 Å². The predicted octanol–water partition coefficient (Wildman–Crippen LogP) is 0.426. The molecule has 0 spiro atoms. The molecule has 19 heavy (non-hydrogen) atoms. The summed E-state index contributed by atoms with van der Waals surface area (Å²) in [4.78, 5) is 7.91. The Bertz CT molecular complexity index is 343. The molecular formula is C12H21N3O4. The van der Waals surface area contributed by atoms with Crippen molar-refractivity contribution in [3.63, 3.8) is 0 Å². The van der Waals surface area contributed by atoms with E-state index in [-0.39, 0.29) is 5.95 Å². The maximum atomic E-state index is 5.51. The number of ether oxygens (including phenoxy) is 4. The first-order chi connectivity index (χ1) is 9.22. The van der Waals surface area contributed by atoms with Crippen molar-refractivity contribution in [3.05, 3.63) is 11.8 Å². The number of nitrogens with zero attached hydrogens (tertiary/aromatic N) is 2. The minimum atomic E-state index is 0.211. The van der Waals surface area contributed by atoms with E-state index in [0.717, 1.165) is 5.69 Å². The van der Waals surface area contributed by atoms with Gasteiger partial charge in [0.15, 0.2) is 0 Å². The van der Waals surface area contributed by atoms with Gasteiger partial charge in [0, 0.05) is 18.9 Å². The van der Waals surface area contributed by atoms with Crippen LogP contribution in [0.15, 0.2) is 6.07 Å². The summed E-state index contributed by atoms with van der Waals surface area (Å²) in [6.45, 7) is 4.96. The van der Waals surface area contributed by atoms with Gasteiger partial charge >= 0.3 is 0 Å². The van der Waals surface area contributed by atoms with Gasteiger partial charge in [0.2, 0.25) is 11.8 Å². The Hall–Kier alpha value is -1.44. The Morgan fingerprint density at radius 1 is 1.00 bits per heavy atom. The van der Waals surface area contributed by atoms with E-state index in [1.807, 2.05) is 6.92 Å². The molecule has 0 fully saturated rings. The molecule has 0 aliphatic carbocycles. The van der Waals surface area contributed by atoms with Gasteiger partial charge in [-0.15, -0.1) is 0 Å². The molecule has 0 atom stereocenters. The van der Waals surface area contributed by atoms with Crippen molar-refractivity contribution in [2.45, 2.75) is 6.92 Å². The molecule has 0 aliphatic rings. The van der Waals surface area contributed by atoms with Gasteiger partial charge in [0.25, 0.3) is 0 Å². The molecule has 7 nitrogen and oxygen atoms in total. The molecule has 2 N–H and O–H groups in total. The van der Waals surface area contributed by atoms with Gasteiger partial charge in [-0.2, -0.15) is 4.98 Å². The van der Waals surface area contributed by atoms with Gasteiger partial charge in [-0.05, 0) is 6.92 Å². The van der Waals surface area contributed by atoms with E-state index in [9.17, 15) is 0 Å². The van der Waals surface area contributed by atoms with E-state index >= 15 is 0 Å². The van der Waals surface area contributed by atoms with Crippen molar-refractivity contribution >= 4 is 5.95 Å². The fraction of sp³-hybridized carbons (Fsp3) is 0.667. The maximum Gasteiger partial charge on any atom is 0.223 e. The highest BCUT2D eigenvalue weighted by atomic mass is 16.6. The fourth-order valence-corrected chi connectivity index (χ4v) is 1.31. The number of methoxy groups -OCH3 is 1. The fourth-order valence-electron chi connectivity index (χ4n) is 1.31. The number of aromatic nitrogens is 2. The number of anilines is 1. The lowest BCUT2D eigenvalue weighted by Gasteiger charge is -2.07. The molecule has 0 radical (unpaired) electrons. The molecule has 1 rings (SSSR count). The molecule has 7 heteroatoms. The Morgan fingerprint density at radius 3 is 2.26 bits per heavy atom. The molecule has 0 saturated carbocycles. The van der Waals surface area contributed by atoms with E-state index in [2.05, 4.69) is 9.97 Å². The van der Waals surface area contributed by atoms with Crippen LogP contribution in [0.25, 0.3) is 0 Å². The summed E-state index contributed by atoms with van der Waals surface area (Å²) in [7, 11) is 1.64. The lowest BCUT2D eigenvalue weighted by Crippen LogP contribution is -2.13. The molecule has 1 aromatic heterocycles. The van der Waals surface area contributed by atoms with Crippen molar-refractivity contribution in [2.24, 2.45) is 0 Å². The lowest BCUT2D eigenvalue weighted by atomic mass is 10.4. The second-order valence-electron chi connectivity index (χ2n) is 3.77. The molecule has 0 aromatic carbocycles. The molecular weight excluding hydrogens is 250 g/mol. The van der Waals surface area contributed by atoms with Crippen LogP contribution in [-0.4, -0.2) is 56.7 Å². The number of nitrogen functional groups attached to an aromatic ring is 1. The quantitative estimate of drug-likeness (QED) is 0.617. The van der Waals surface area contributed by atoms with Crippen molar-refractivity contribution in [2.75, 3.05) is 52.5 Å². The zero-order valence-electron chi connectivity index (χ0n) is 11.4. The number of nitrogens with two attached hydrogens (primary N) is 1. The van der Waals surface area contributed by atoms with Crippen LogP contribution in [-0.2, 0) is 14.2 Å². The SMILES string of the molecule is COCCOCCOCCOc1cc(C)nc(N)n1. The largest absolute Gasteiger partial charge is 0.475 e. The van der Waals surface area contributed by atoms with Crippen LogP contribution in [0, 0.1) is 6.92 Å². The Labute approximate surface area is 113 Å². The normalized spacial score (nSPS) is 10.6. The third kappa shape index (κ3) is 7.55. The summed E-state index contributed by atoms with van der Waals surface area (Å²) in [5.74, 6) is 0.674. The molecule has 1 aromatic rings. The third-order valence-corrected chi connectivity index (χ3v) is 2.13. The average Bonchev–Trinajstić information content (AvgIpc) is 2.36. The first-order valence-corrected chi connectivity index (χ1v) is 6.10. The first kappa shape index (κ1) is 15.6. The predicted molar refractivity (Wildman–Crippen MR) is 70.2 cm³/mol. The number of rotatable bonds is 10. The van der Waals surface area contributed by atoms with E-state index in [1.54, 1.807) is 13.2 Å². The van der Waals surface area contributed by atoms with Gasteiger partial charge in [-0.25, -0.2) is 4.98 Å². The van der Waals surface area contributed by atoms with Crippen LogP contribution in [0.5, 0.6) is 5.88 Å². The van der Waals surface area contributed by atoms with Crippen molar-refractivity contribution < 1.29 is 18.9 Å². The topological polar surface area (TPSA) is 88.7 Å². The monoisotopic (exact) mass is 271 g/mol. The highest BCUT2D eigenvalue weighted by Crippen LogP contribution is 2.09.